The molecule has 1 atom stereocenters. The molecule has 0 bridgehead atoms. The van der Waals surface area contributed by atoms with Crippen LogP contribution in [0, 0.1) is 0 Å². The summed E-state index contributed by atoms with van der Waals surface area (Å²) in [6.45, 7) is 0.888. The first-order valence-electron chi connectivity index (χ1n) is 9.65. The van der Waals surface area contributed by atoms with Gasteiger partial charge in [-0.05, 0) is 36.4 Å². The Morgan fingerprint density at radius 3 is 2.25 bits per heavy atom. The Labute approximate surface area is 188 Å². The van der Waals surface area contributed by atoms with Gasteiger partial charge in [-0.25, -0.2) is 4.79 Å². The SMILES string of the molecule is CC(=O)Nc1ccc(NC(=O)COC(=O)c2ccccc2SC2CC(=O)N(C)C2=O)cc1. The zero-order chi connectivity index (χ0) is 23.3. The van der Waals surface area contributed by atoms with Crippen LogP contribution in [0.4, 0.5) is 11.4 Å². The van der Waals surface area contributed by atoms with Gasteiger partial charge in [0.05, 0.1) is 10.8 Å². The van der Waals surface area contributed by atoms with Gasteiger partial charge in [0.1, 0.15) is 0 Å². The molecule has 2 aromatic carbocycles. The summed E-state index contributed by atoms with van der Waals surface area (Å²) in [5, 5.41) is 4.61. The lowest BCUT2D eigenvalue weighted by molar-refractivity contribution is -0.136. The van der Waals surface area contributed by atoms with Crippen molar-refractivity contribution in [2.24, 2.45) is 0 Å². The number of anilines is 2. The highest BCUT2D eigenvalue weighted by Crippen LogP contribution is 2.33. The Hall–Kier alpha value is -3.66. The average molecular weight is 455 g/mol. The quantitative estimate of drug-likeness (QED) is 0.485. The molecule has 9 nitrogen and oxygen atoms in total. The fraction of sp³-hybridized carbons (Fsp3) is 0.227. The number of imide groups is 1. The van der Waals surface area contributed by atoms with E-state index in [0.29, 0.717) is 16.3 Å². The van der Waals surface area contributed by atoms with E-state index in [4.69, 9.17) is 4.74 Å². The van der Waals surface area contributed by atoms with Crippen molar-refractivity contribution in [1.82, 2.24) is 4.90 Å². The van der Waals surface area contributed by atoms with Crippen molar-refractivity contribution < 1.29 is 28.7 Å². The second kappa shape index (κ2) is 10.1. The van der Waals surface area contributed by atoms with E-state index >= 15 is 0 Å². The average Bonchev–Trinajstić information content (AvgIpc) is 3.00. The fourth-order valence-corrected chi connectivity index (χ4v) is 4.18. The topological polar surface area (TPSA) is 122 Å². The molecular formula is C22H21N3O6S. The van der Waals surface area contributed by atoms with Gasteiger partial charge in [-0.3, -0.25) is 24.1 Å². The largest absolute Gasteiger partial charge is 0.452 e. The Morgan fingerprint density at radius 1 is 1.03 bits per heavy atom. The molecule has 0 saturated carbocycles. The third-order valence-electron chi connectivity index (χ3n) is 4.54. The third kappa shape index (κ3) is 5.73. The van der Waals surface area contributed by atoms with Crippen molar-refractivity contribution in [3.05, 3.63) is 54.1 Å². The summed E-state index contributed by atoms with van der Waals surface area (Å²) >= 11 is 1.12. The van der Waals surface area contributed by atoms with E-state index in [1.54, 1.807) is 42.5 Å². The molecule has 4 amide bonds. The molecule has 2 aromatic rings. The standard InChI is InChI=1S/C22H21N3O6S/c1-13(26)23-14-7-9-15(10-8-14)24-19(27)12-31-22(30)16-5-3-4-6-17(16)32-18-11-20(28)25(2)21(18)29/h3-10,18H,11-12H2,1-2H3,(H,23,26)(H,24,27). The number of likely N-dealkylation sites (tertiary alicyclic amines) is 1. The Morgan fingerprint density at radius 2 is 1.66 bits per heavy atom. The highest BCUT2D eigenvalue weighted by molar-refractivity contribution is 8.00. The minimum Gasteiger partial charge on any atom is -0.452 e. The van der Waals surface area contributed by atoms with Crippen LogP contribution in [0.1, 0.15) is 23.7 Å². The van der Waals surface area contributed by atoms with E-state index in [1.807, 2.05) is 0 Å². The number of carbonyl (C=O) groups is 5. The number of esters is 1. The van der Waals surface area contributed by atoms with Crippen LogP contribution in [-0.4, -0.2) is 53.4 Å². The van der Waals surface area contributed by atoms with Crippen molar-refractivity contribution in [2.75, 3.05) is 24.3 Å². The van der Waals surface area contributed by atoms with Gasteiger partial charge in [0.15, 0.2) is 6.61 Å². The predicted octanol–water partition coefficient (Wildman–Crippen LogP) is 2.29. The lowest BCUT2D eigenvalue weighted by atomic mass is 10.2. The van der Waals surface area contributed by atoms with Crippen LogP contribution in [0.25, 0.3) is 0 Å². The zero-order valence-corrected chi connectivity index (χ0v) is 18.2. The van der Waals surface area contributed by atoms with Gasteiger partial charge in [-0.1, -0.05) is 12.1 Å². The highest BCUT2D eigenvalue weighted by atomic mass is 32.2. The number of nitrogens with zero attached hydrogens (tertiary/aromatic N) is 1. The van der Waals surface area contributed by atoms with E-state index in [0.717, 1.165) is 16.7 Å². The van der Waals surface area contributed by atoms with Gasteiger partial charge in [0.2, 0.25) is 17.7 Å². The summed E-state index contributed by atoms with van der Waals surface area (Å²) in [4.78, 5) is 61.2. The third-order valence-corrected chi connectivity index (χ3v) is 5.80. The molecule has 1 aliphatic heterocycles. The molecule has 32 heavy (non-hydrogen) atoms. The van der Waals surface area contributed by atoms with Crippen molar-refractivity contribution in [3.63, 3.8) is 0 Å². The van der Waals surface area contributed by atoms with Gasteiger partial charge < -0.3 is 15.4 Å². The molecule has 0 aromatic heterocycles. The molecule has 10 heteroatoms. The van der Waals surface area contributed by atoms with Crippen LogP contribution in [0.5, 0.6) is 0 Å². The van der Waals surface area contributed by atoms with E-state index < -0.39 is 23.7 Å². The number of thioether (sulfide) groups is 1. The molecule has 3 rings (SSSR count). The first kappa shape index (κ1) is 23.0. The maximum Gasteiger partial charge on any atom is 0.339 e. The second-order valence-electron chi connectivity index (χ2n) is 6.98. The molecular weight excluding hydrogens is 434 g/mol. The predicted molar refractivity (Wildman–Crippen MR) is 118 cm³/mol. The molecule has 166 valence electrons. The zero-order valence-electron chi connectivity index (χ0n) is 17.4. The van der Waals surface area contributed by atoms with Crippen molar-refractivity contribution in [2.45, 2.75) is 23.5 Å². The maximum atomic E-state index is 12.5. The number of amides is 4. The highest BCUT2D eigenvalue weighted by Gasteiger charge is 2.37. The van der Waals surface area contributed by atoms with E-state index in [9.17, 15) is 24.0 Å². The molecule has 0 spiro atoms. The van der Waals surface area contributed by atoms with Crippen LogP contribution in [0.2, 0.25) is 0 Å². The molecule has 2 N–H and O–H groups in total. The van der Waals surface area contributed by atoms with E-state index in [1.165, 1.54) is 20.0 Å². The summed E-state index contributed by atoms with van der Waals surface area (Å²) in [6.07, 6.45) is 0.0620. The number of benzene rings is 2. The van der Waals surface area contributed by atoms with Gasteiger partial charge in [-0.15, -0.1) is 11.8 Å². The van der Waals surface area contributed by atoms with Gasteiger partial charge in [0.25, 0.3) is 5.91 Å². The molecule has 1 heterocycles. The number of hydrogen-bond donors (Lipinski definition) is 2. The smallest absolute Gasteiger partial charge is 0.339 e. The van der Waals surface area contributed by atoms with E-state index in [-0.39, 0.29) is 29.7 Å². The monoisotopic (exact) mass is 455 g/mol. The Balaban J connectivity index is 1.57. The van der Waals surface area contributed by atoms with Crippen LogP contribution in [0.3, 0.4) is 0 Å². The first-order valence-corrected chi connectivity index (χ1v) is 10.5. The lowest BCUT2D eigenvalue weighted by Crippen LogP contribution is -2.26. The number of carbonyl (C=O) groups excluding carboxylic acids is 5. The molecule has 1 aliphatic rings. The summed E-state index contributed by atoms with van der Waals surface area (Å²) in [6, 6.07) is 13.0. The second-order valence-corrected chi connectivity index (χ2v) is 8.23. The normalized spacial score (nSPS) is 15.4. The van der Waals surface area contributed by atoms with Crippen LogP contribution in [0.15, 0.2) is 53.4 Å². The summed E-state index contributed by atoms with van der Waals surface area (Å²) in [5.74, 6) is -2.03. The Kier molecular flexibility index (Phi) is 7.26. The fourth-order valence-electron chi connectivity index (χ4n) is 2.95. The summed E-state index contributed by atoms with van der Waals surface area (Å²) in [7, 11) is 1.43. The first-order chi connectivity index (χ1) is 15.2. The molecule has 1 unspecified atom stereocenters. The van der Waals surface area contributed by atoms with Crippen LogP contribution in [-0.2, 0) is 23.9 Å². The summed E-state index contributed by atoms with van der Waals surface area (Å²) in [5.41, 5.74) is 1.27. The summed E-state index contributed by atoms with van der Waals surface area (Å²) < 4.78 is 5.13. The number of rotatable bonds is 7. The maximum absolute atomic E-state index is 12.5. The molecule has 0 radical (unpaired) electrons. The Bertz CT molecular complexity index is 1070. The molecule has 1 fully saturated rings. The van der Waals surface area contributed by atoms with Crippen molar-refractivity contribution >= 4 is 52.7 Å². The van der Waals surface area contributed by atoms with Gasteiger partial charge in [-0.2, -0.15) is 0 Å². The van der Waals surface area contributed by atoms with Gasteiger partial charge in [0, 0.05) is 36.7 Å². The van der Waals surface area contributed by atoms with Gasteiger partial charge >= 0.3 is 5.97 Å². The van der Waals surface area contributed by atoms with Crippen molar-refractivity contribution in [1.29, 1.82) is 0 Å². The number of ether oxygens (including phenoxy) is 1. The minimum absolute atomic E-state index is 0.0620. The number of hydrogen-bond acceptors (Lipinski definition) is 7. The van der Waals surface area contributed by atoms with Crippen LogP contribution >= 0.6 is 11.8 Å². The number of nitrogens with one attached hydrogen (secondary N) is 2. The molecule has 1 saturated heterocycles. The van der Waals surface area contributed by atoms with Crippen LogP contribution < -0.4 is 10.6 Å². The molecule has 0 aliphatic carbocycles. The minimum atomic E-state index is -0.714. The van der Waals surface area contributed by atoms with Crippen molar-refractivity contribution in [3.8, 4) is 0 Å². The van der Waals surface area contributed by atoms with E-state index in [2.05, 4.69) is 10.6 Å². The lowest BCUT2D eigenvalue weighted by Gasteiger charge is -2.12.